The molecule has 1 rings (SSSR count). The van der Waals surface area contributed by atoms with Crippen molar-refractivity contribution in [2.75, 3.05) is 0 Å². The lowest BCUT2D eigenvalue weighted by atomic mass is 9.70. The molecule has 3 nitrogen and oxygen atoms in total. The van der Waals surface area contributed by atoms with Crippen LogP contribution < -0.4 is 10.9 Å². The standard InChI is InChI=1S/C14H26N2O/c1-6-14(9-7-8-11(2)10-14)12(17)15-16-13(3,4)5/h16H,2,6-10H2,1,3-5H3,(H,15,17). The van der Waals surface area contributed by atoms with Crippen LogP contribution in [0.5, 0.6) is 0 Å². The molecule has 1 amide bonds. The summed E-state index contributed by atoms with van der Waals surface area (Å²) in [6.07, 6.45) is 4.84. The van der Waals surface area contributed by atoms with Gasteiger partial charge in [-0.05, 0) is 52.9 Å². The highest BCUT2D eigenvalue weighted by Crippen LogP contribution is 2.41. The van der Waals surface area contributed by atoms with Crippen LogP contribution in [-0.4, -0.2) is 11.4 Å². The summed E-state index contributed by atoms with van der Waals surface area (Å²) in [5.74, 6) is 0.121. The van der Waals surface area contributed by atoms with E-state index in [0.717, 1.165) is 32.1 Å². The molecule has 0 aliphatic heterocycles. The molecule has 1 aliphatic rings. The number of allylic oxidation sites excluding steroid dienone is 1. The monoisotopic (exact) mass is 238 g/mol. The zero-order chi connectivity index (χ0) is 13.1. The van der Waals surface area contributed by atoms with Gasteiger partial charge < -0.3 is 0 Å². The van der Waals surface area contributed by atoms with Crippen LogP contribution in [0.3, 0.4) is 0 Å². The van der Waals surface area contributed by atoms with Gasteiger partial charge in [0.25, 0.3) is 0 Å². The lowest BCUT2D eigenvalue weighted by Crippen LogP contribution is -2.54. The van der Waals surface area contributed by atoms with Crippen LogP contribution in [0.15, 0.2) is 12.2 Å². The first-order valence-electron chi connectivity index (χ1n) is 6.53. The van der Waals surface area contributed by atoms with E-state index in [2.05, 4.69) is 24.4 Å². The van der Waals surface area contributed by atoms with E-state index in [0.29, 0.717) is 0 Å². The Kier molecular flexibility index (Phi) is 4.36. The van der Waals surface area contributed by atoms with Gasteiger partial charge in [0.15, 0.2) is 0 Å². The lowest BCUT2D eigenvalue weighted by Gasteiger charge is -2.37. The summed E-state index contributed by atoms with van der Waals surface area (Å²) in [4.78, 5) is 12.3. The van der Waals surface area contributed by atoms with E-state index in [9.17, 15) is 4.79 Å². The zero-order valence-electron chi connectivity index (χ0n) is 11.7. The predicted molar refractivity (Wildman–Crippen MR) is 71.4 cm³/mol. The Balaban J connectivity index is 2.66. The molecular formula is C14H26N2O. The molecule has 1 aliphatic carbocycles. The van der Waals surface area contributed by atoms with E-state index in [1.165, 1.54) is 5.57 Å². The van der Waals surface area contributed by atoms with Crippen LogP contribution in [0.25, 0.3) is 0 Å². The van der Waals surface area contributed by atoms with E-state index in [1.807, 2.05) is 20.8 Å². The second-order valence-electron chi connectivity index (χ2n) is 6.24. The molecule has 98 valence electrons. The molecule has 0 aromatic heterocycles. The van der Waals surface area contributed by atoms with E-state index in [1.54, 1.807) is 0 Å². The number of amides is 1. The number of carbonyl (C=O) groups is 1. The Morgan fingerprint density at radius 1 is 1.47 bits per heavy atom. The number of rotatable bonds is 3. The van der Waals surface area contributed by atoms with Crippen molar-refractivity contribution in [1.29, 1.82) is 0 Å². The first kappa shape index (κ1) is 14.2. The molecule has 1 fully saturated rings. The van der Waals surface area contributed by atoms with Gasteiger partial charge in [0.05, 0.1) is 5.41 Å². The second-order valence-corrected chi connectivity index (χ2v) is 6.24. The van der Waals surface area contributed by atoms with E-state index < -0.39 is 0 Å². The van der Waals surface area contributed by atoms with Crippen LogP contribution in [0, 0.1) is 5.41 Å². The molecule has 0 aromatic rings. The predicted octanol–water partition coefficient (Wildman–Crippen LogP) is 2.93. The molecule has 0 saturated heterocycles. The van der Waals surface area contributed by atoms with Gasteiger partial charge in [-0.25, -0.2) is 5.43 Å². The fourth-order valence-electron chi connectivity index (χ4n) is 2.37. The largest absolute Gasteiger partial charge is 0.291 e. The molecule has 0 bridgehead atoms. The zero-order valence-corrected chi connectivity index (χ0v) is 11.7. The Bertz CT molecular complexity index is 304. The molecule has 1 saturated carbocycles. The molecule has 2 N–H and O–H groups in total. The van der Waals surface area contributed by atoms with Crippen LogP contribution in [-0.2, 0) is 4.79 Å². The number of hydrogen-bond acceptors (Lipinski definition) is 2. The SMILES string of the molecule is C=C1CCCC(CC)(C(=O)NNC(C)(C)C)C1. The molecule has 1 unspecified atom stereocenters. The quantitative estimate of drug-likeness (QED) is 0.586. The van der Waals surface area contributed by atoms with Gasteiger partial charge in [-0.1, -0.05) is 19.1 Å². The van der Waals surface area contributed by atoms with E-state index in [4.69, 9.17) is 0 Å². The van der Waals surface area contributed by atoms with Gasteiger partial charge >= 0.3 is 0 Å². The van der Waals surface area contributed by atoms with Crippen molar-refractivity contribution >= 4 is 5.91 Å². The number of hydrazine groups is 1. The summed E-state index contributed by atoms with van der Waals surface area (Å²) in [5, 5.41) is 0. The number of nitrogens with one attached hydrogen (secondary N) is 2. The van der Waals surface area contributed by atoms with Gasteiger partial charge in [-0.3, -0.25) is 10.2 Å². The maximum absolute atomic E-state index is 12.3. The van der Waals surface area contributed by atoms with Gasteiger partial charge in [-0.2, -0.15) is 0 Å². The van der Waals surface area contributed by atoms with Crippen molar-refractivity contribution in [3.63, 3.8) is 0 Å². The van der Waals surface area contributed by atoms with Gasteiger partial charge in [0, 0.05) is 5.54 Å². The van der Waals surface area contributed by atoms with Crippen molar-refractivity contribution in [2.24, 2.45) is 5.41 Å². The maximum atomic E-state index is 12.3. The second kappa shape index (κ2) is 5.21. The highest BCUT2D eigenvalue weighted by atomic mass is 16.2. The average molecular weight is 238 g/mol. The summed E-state index contributed by atoms with van der Waals surface area (Å²) in [5.41, 5.74) is 6.81. The Morgan fingerprint density at radius 3 is 2.59 bits per heavy atom. The Hall–Kier alpha value is -0.830. The maximum Gasteiger partial charge on any atom is 0.240 e. The van der Waals surface area contributed by atoms with Crippen LogP contribution >= 0.6 is 0 Å². The molecule has 0 spiro atoms. The average Bonchev–Trinajstić information content (AvgIpc) is 2.24. The molecule has 17 heavy (non-hydrogen) atoms. The van der Waals surface area contributed by atoms with Gasteiger partial charge in [-0.15, -0.1) is 0 Å². The normalized spacial score (nSPS) is 25.8. The van der Waals surface area contributed by atoms with Crippen molar-refractivity contribution in [3.05, 3.63) is 12.2 Å². The fraction of sp³-hybridized carbons (Fsp3) is 0.786. The lowest BCUT2D eigenvalue weighted by molar-refractivity contribution is -0.134. The van der Waals surface area contributed by atoms with Crippen LogP contribution in [0.4, 0.5) is 0 Å². The third kappa shape index (κ3) is 3.84. The third-order valence-electron chi connectivity index (χ3n) is 3.48. The first-order chi connectivity index (χ1) is 7.79. The molecule has 3 heteroatoms. The molecule has 0 aromatic carbocycles. The van der Waals surface area contributed by atoms with Crippen molar-refractivity contribution in [1.82, 2.24) is 10.9 Å². The minimum absolute atomic E-state index is 0.101. The summed E-state index contributed by atoms with van der Waals surface area (Å²) in [6.45, 7) is 12.2. The van der Waals surface area contributed by atoms with Gasteiger partial charge in [0.1, 0.15) is 0 Å². The number of hydrogen-bond donors (Lipinski definition) is 2. The Morgan fingerprint density at radius 2 is 2.12 bits per heavy atom. The van der Waals surface area contributed by atoms with Crippen LogP contribution in [0.2, 0.25) is 0 Å². The molecule has 1 atom stereocenters. The van der Waals surface area contributed by atoms with Crippen molar-refractivity contribution in [3.8, 4) is 0 Å². The summed E-state index contributed by atoms with van der Waals surface area (Å²) >= 11 is 0. The number of carbonyl (C=O) groups excluding carboxylic acids is 1. The van der Waals surface area contributed by atoms with Crippen LogP contribution in [0.1, 0.15) is 59.8 Å². The topological polar surface area (TPSA) is 41.1 Å². The van der Waals surface area contributed by atoms with Gasteiger partial charge in [0.2, 0.25) is 5.91 Å². The summed E-state index contributed by atoms with van der Waals surface area (Å²) in [7, 11) is 0. The van der Waals surface area contributed by atoms with E-state index in [-0.39, 0.29) is 16.9 Å². The minimum atomic E-state index is -0.242. The first-order valence-corrected chi connectivity index (χ1v) is 6.53. The summed E-state index contributed by atoms with van der Waals surface area (Å²) < 4.78 is 0. The molecule has 0 radical (unpaired) electrons. The summed E-state index contributed by atoms with van der Waals surface area (Å²) in [6, 6.07) is 0. The van der Waals surface area contributed by atoms with Crippen molar-refractivity contribution in [2.45, 2.75) is 65.3 Å². The third-order valence-corrected chi connectivity index (χ3v) is 3.48. The van der Waals surface area contributed by atoms with E-state index >= 15 is 0 Å². The highest BCUT2D eigenvalue weighted by molar-refractivity contribution is 5.82. The fourth-order valence-corrected chi connectivity index (χ4v) is 2.37. The minimum Gasteiger partial charge on any atom is -0.291 e. The van der Waals surface area contributed by atoms with Crippen molar-refractivity contribution < 1.29 is 4.79 Å². The molecular weight excluding hydrogens is 212 g/mol. The molecule has 0 heterocycles. The highest BCUT2D eigenvalue weighted by Gasteiger charge is 2.39. The smallest absolute Gasteiger partial charge is 0.240 e. The Labute approximate surface area is 105 Å².